The molecule has 5 heteroatoms. The van der Waals surface area contributed by atoms with Gasteiger partial charge < -0.3 is 5.32 Å². The molecular weight excluding hydrogens is 305 g/mol. The molecule has 2 fully saturated rings. The lowest BCUT2D eigenvalue weighted by atomic mass is 9.76. The van der Waals surface area contributed by atoms with Gasteiger partial charge in [0.25, 0.3) is 0 Å². The Bertz CT molecular complexity index is 459. The normalized spacial score (nSPS) is 20.3. The van der Waals surface area contributed by atoms with E-state index in [1.54, 1.807) is 0 Å². The zero-order valence-electron chi connectivity index (χ0n) is 12.1. The molecule has 0 amide bonds. The third-order valence-electron chi connectivity index (χ3n) is 4.52. The first-order chi connectivity index (χ1) is 9.38. The fourth-order valence-electron chi connectivity index (χ4n) is 3.25. The van der Waals surface area contributed by atoms with Crippen LogP contribution in [-0.4, -0.2) is 31.1 Å². The minimum atomic E-state index is 0. The second-order valence-corrected chi connectivity index (χ2v) is 5.66. The Labute approximate surface area is 139 Å². The fourth-order valence-corrected chi connectivity index (χ4v) is 3.25. The van der Waals surface area contributed by atoms with E-state index in [9.17, 15) is 0 Å². The quantitative estimate of drug-likeness (QED) is 0.926. The van der Waals surface area contributed by atoms with Crippen molar-refractivity contribution >= 4 is 24.8 Å². The van der Waals surface area contributed by atoms with Gasteiger partial charge in [-0.1, -0.05) is 18.6 Å². The molecule has 0 radical (unpaired) electrons. The molecule has 21 heavy (non-hydrogen) atoms. The zero-order valence-corrected chi connectivity index (χ0v) is 13.8. The van der Waals surface area contributed by atoms with Crippen molar-refractivity contribution in [3.63, 3.8) is 0 Å². The van der Waals surface area contributed by atoms with Crippen molar-refractivity contribution < 1.29 is 0 Å². The predicted molar refractivity (Wildman–Crippen MR) is 90.2 cm³/mol. The van der Waals surface area contributed by atoms with Crippen LogP contribution in [0.4, 0.5) is 0 Å². The Morgan fingerprint density at radius 1 is 1.10 bits per heavy atom. The molecule has 0 spiro atoms. The van der Waals surface area contributed by atoms with Gasteiger partial charge in [-0.05, 0) is 36.5 Å². The molecule has 116 valence electrons. The second kappa shape index (κ2) is 8.60. The highest BCUT2D eigenvalue weighted by Gasteiger charge is 2.33. The van der Waals surface area contributed by atoms with Gasteiger partial charge >= 0.3 is 0 Å². The monoisotopic (exact) mass is 327 g/mol. The Kier molecular flexibility index (Phi) is 7.48. The maximum atomic E-state index is 8.91. The minimum Gasteiger partial charge on any atom is -0.314 e. The summed E-state index contributed by atoms with van der Waals surface area (Å²) in [6.07, 6.45) is 4.09. The van der Waals surface area contributed by atoms with Crippen LogP contribution in [-0.2, 0) is 0 Å². The SMILES string of the molecule is Cl.Cl.N#Cc1ccc([C@@H](C2CCC2)N2CCNCC2)cc1. The number of nitrogens with zero attached hydrogens (tertiary/aromatic N) is 2. The molecule has 0 unspecified atom stereocenters. The Balaban J connectivity index is 0.00000110. The van der Waals surface area contributed by atoms with Crippen LogP contribution in [0.15, 0.2) is 24.3 Å². The minimum absolute atomic E-state index is 0. The number of hydrogen-bond donors (Lipinski definition) is 1. The van der Waals surface area contributed by atoms with Crippen molar-refractivity contribution in [1.82, 2.24) is 10.2 Å². The lowest BCUT2D eigenvalue weighted by Gasteiger charge is -2.43. The Hall–Kier alpha value is -0.790. The van der Waals surface area contributed by atoms with Crippen LogP contribution in [0.2, 0.25) is 0 Å². The molecule has 1 aromatic rings. The van der Waals surface area contributed by atoms with Crippen molar-refractivity contribution in [2.45, 2.75) is 25.3 Å². The molecule has 0 bridgehead atoms. The van der Waals surface area contributed by atoms with Gasteiger partial charge in [0.2, 0.25) is 0 Å². The van der Waals surface area contributed by atoms with Crippen molar-refractivity contribution in [3.05, 3.63) is 35.4 Å². The summed E-state index contributed by atoms with van der Waals surface area (Å²) in [6.45, 7) is 4.47. The lowest BCUT2D eigenvalue weighted by molar-refractivity contribution is 0.0837. The van der Waals surface area contributed by atoms with Gasteiger partial charge in [0.05, 0.1) is 11.6 Å². The largest absolute Gasteiger partial charge is 0.314 e. The predicted octanol–water partition coefficient (Wildman–Crippen LogP) is 3.15. The summed E-state index contributed by atoms with van der Waals surface area (Å²) in [7, 11) is 0. The van der Waals surface area contributed by atoms with E-state index < -0.39 is 0 Å². The molecule has 1 atom stereocenters. The average Bonchev–Trinajstić information content (AvgIpc) is 2.44. The van der Waals surface area contributed by atoms with Crippen LogP contribution in [0, 0.1) is 17.2 Å². The average molecular weight is 328 g/mol. The number of halogens is 2. The first-order valence-corrected chi connectivity index (χ1v) is 7.33. The second-order valence-electron chi connectivity index (χ2n) is 5.66. The van der Waals surface area contributed by atoms with Crippen LogP contribution in [0.3, 0.4) is 0 Å². The van der Waals surface area contributed by atoms with E-state index in [4.69, 9.17) is 5.26 Å². The van der Waals surface area contributed by atoms with Gasteiger partial charge in [-0.25, -0.2) is 0 Å². The van der Waals surface area contributed by atoms with Crippen LogP contribution in [0.1, 0.15) is 36.4 Å². The molecule has 1 aliphatic heterocycles. The molecule has 1 N–H and O–H groups in total. The molecule has 2 aliphatic rings. The van der Waals surface area contributed by atoms with E-state index in [1.165, 1.54) is 24.8 Å². The van der Waals surface area contributed by atoms with Gasteiger partial charge in [-0.2, -0.15) is 5.26 Å². The molecule has 3 rings (SSSR count). The summed E-state index contributed by atoms with van der Waals surface area (Å²) < 4.78 is 0. The van der Waals surface area contributed by atoms with E-state index in [-0.39, 0.29) is 24.8 Å². The maximum Gasteiger partial charge on any atom is 0.0991 e. The van der Waals surface area contributed by atoms with E-state index in [0.29, 0.717) is 6.04 Å². The molecule has 1 heterocycles. The van der Waals surface area contributed by atoms with Gasteiger partial charge in [0.15, 0.2) is 0 Å². The molecule has 1 saturated heterocycles. The van der Waals surface area contributed by atoms with E-state index >= 15 is 0 Å². The van der Waals surface area contributed by atoms with E-state index in [0.717, 1.165) is 37.7 Å². The van der Waals surface area contributed by atoms with Gasteiger partial charge in [0.1, 0.15) is 0 Å². The number of benzene rings is 1. The standard InChI is InChI=1S/C16H21N3.2ClH/c17-12-13-4-6-15(7-5-13)16(14-2-1-3-14)19-10-8-18-9-11-19;;/h4-7,14,16,18H,1-3,8-11H2;2*1H/t16-;;/m1../s1. The summed E-state index contributed by atoms with van der Waals surface area (Å²) in [5.74, 6) is 0.811. The van der Waals surface area contributed by atoms with E-state index in [1.807, 2.05) is 12.1 Å². The third kappa shape index (κ3) is 4.11. The number of nitrogens with one attached hydrogen (secondary N) is 1. The third-order valence-corrected chi connectivity index (χ3v) is 4.52. The van der Waals surface area contributed by atoms with E-state index in [2.05, 4.69) is 28.4 Å². The van der Waals surface area contributed by atoms with Crippen LogP contribution in [0.5, 0.6) is 0 Å². The number of piperazine rings is 1. The summed E-state index contributed by atoms with van der Waals surface area (Å²) in [4.78, 5) is 2.63. The fraction of sp³-hybridized carbons (Fsp3) is 0.562. The maximum absolute atomic E-state index is 8.91. The van der Waals surface area contributed by atoms with Crippen molar-refractivity contribution in [3.8, 4) is 6.07 Å². The zero-order chi connectivity index (χ0) is 13.1. The summed E-state index contributed by atoms with van der Waals surface area (Å²) >= 11 is 0. The summed E-state index contributed by atoms with van der Waals surface area (Å²) in [5.41, 5.74) is 2.15. The Morgan fingerprint density at radius 3 is 2.19 bits per heavy atom. The van der Waals surface area contributed by atoms with Crippen LogP contribution < -0.4 is 5.32 Å². The number of hydrogen-bond acceptors (Lipinski definition) is 3. The molecule has 1 saturated carbocycles. The topological polar surface area (TPSA) is 39.1 Å². The summed E-state index contributed by atoms with van der Waals surface area (Å²) in [5, 5.41) is 12.3. The number of nitriles is 1. The molecule has 0 aromatic heterocycles. The summed E-state index contributed by atoms with van der Waals surface area (Å²) in [6, 6.07) is 11.0. The highest BCUT2D eigenvalue weighted by Crippen LogP contribution is 2.41. The smallest absolute Gasteiger partial charge is 0.0991 e. The first-order valence-electron chi connectivity index (χ1n) is 7.33. The van der Waals surface area contributed by atoms with Crippen molar-refractivity contribution in [2.75, 3.05) is 26.2 Å². The molecule has 1 aromatic carbocycles. The lowest BCUT2D eigenvalue weighted by Crippen LogP contribution is -2.47. The van der Waals surface area contributed by atoms with Gasteiger partial charge in [0, 0.05) is 32.2 Å². The van der Waals surface area contributed by atoms with Gasteiger partial charge in [-0.3, -0.25) is 4.90 Å². The first kappa shape index (κ1) is 18.3. The highest BCUT2D eigenvalue weighted by atomic mass is 35.5. The van der Waals surface area contributed by atoms with Crippen LogP contribution in [0.25, 0.3) is 0 Å². The molecule has 3 nitrogen and oxygen atoms in total. The number of rotatable bonds is 3. The highest BCUT2D eigenvalue weighted by molar-refractivity contribution is 5.85. The van der Waals surface area contributed by atoms with Gasteiger partial charge in [-0.15, -0.1) is 24.8 Å². The van der Waals surface area contributed by atoms with Crippen molar-refractivity contribution in [2.24, 2.45) is 5.92 Å². The van der Waals surface area contributed by atoms with Crippen LogP contribution >= 0.6 is 24.8 Å². The van der Waals surface area contributed by atoms with Crippen molar-refractivity contribution in [1.29, 1.82) is 5.26 Å². The Morgan fingerprint density at radius 2 is 1.71 bits per heavy atom. The molecule has 1 aliphatic carbocycles. The molecular formula is C16H23Cl2N3.